The lowest BCUT2D eigenvalue weighted by Crippen LogP contribution is -2.08. The van der Waals surface area contributed by atoms with E-state index >= 15 is 0 Å². The largest absolute Gasteiger partial charge is 0.374 e. The van der Waals surface area contributed by atoms with Crippen LogP contribution in [0, 0.1) is 0 Å². The average molecular weight is 190 g/mol. The Hall–Kier alpha value is -1.22. The van der Waals surface area contributed by atoms with E-state index in [0.29, 0.717) is 0 Å². The SMILES string of the molecule is NC(=S)N=C1CCc2ccccc21. The van der Waals surface area contributed by atoms with E-state index in [0.717, 1.165) is 18.6 Å². The number of aryl methyl sites for hydroxylation is 1. The minimum absolute atomic E-state index is 0.228. The standard InChI is InChI=1S/C10H10N2S/c11-10(13)12-9-6-5-7-3-1-2-4-8(7)9/h1-4H,5-6H2,(H2,11,13). The zero-order chi connectivity index (χ0) is 9.26. The van der Waals surface area contributed by atoms with Crippen molar-refractivity contribution in [3.63, 3.8) is 0 Å². The Morgan fingerprint density at radius 2 is 2.08 bits per heavy atom. The summed E-state index contributed by atoms with van der Waals surface area (Å²) in [5, 5.41) is 0.228. The first-order chi connectivity index (χ1) is 6.27. The third-order valence-corrected chi connectivity index (χ3v) is 2.30. The molecule has 2 rings (SSSR count). The fourth-order valence-corrected chi connectivity index (χ4v) is 1.77. The molecule has 2 nitrogen and oxygen atoms in total. The molecule has 1 aromatic carbocycles. The van der Waals surface area contributed by atoms with Crippen molar-refractivity contribution in [2.45, 2.75) is 12.8 Å². The van der Waals surface area contributed by atoms with E-state index in [2.05, 4.69) is 17.1 Å². The highest BCUT2D eigenvalue weighted by Crippen LogP contribution is 2.21. The van der Waals surface area contributed by atoms with Crippen molar-refractivity contribution in [3.8, 4) is 0 Å². The number of aliphatic imine (C=N–C) groups is 1. The highest BCUT2D eigenvalue weighted by Gasteiger charge is 2.16. The summed E-state index contributed by atoms with van der Waals surface area (Å²) in [6, 6.07) is 8.25. The molecule has 0 radical (unpaired) electrons. The highest BCUT2D eigenvalue weighted by atomic mass is 32.1. The molecule has 0 heterocycles. The summed E-state index contributed by atoms with van der Waals surface area (Å²) in [6.45, 7) is 0. The second-order valence-corrected chi connectivity index (χ2v) is 3.47. The van der Waals surface area contributed by atoms with Gasteiger partial charge >= 0.3 is 0 Å². The number of fused-ring (bicyclic) bond motifs is 1. The van der Waals surface area contributed by atoms with Crippen molar-refractivity contribution in [1.29, 1.82) is 0 Å². The lowest BCUT2D eigenvalue weighted by molar-refractivity contribution is 1.09. The number of thiocarbonyl (C=S) groups is 1. The molecule has 0 spiro atoms. The quantitative estimate of drug-likeness (QED) is 0.632. The van der Waals surface area contributed by atoms with Crippen molar-refractivity contribution in [2.75, 3.05) is 0 Å². The Morgan fingerprint density at radius 1 is 1.31 bits per heavy atom. The smallest absolute Gasteiger partial charge is 0.190 e. The van der Waals surface area contributed by atoms with E-state index < -0.39 is 0 Å². The van der Waals surface area contributed by atoms with Crippen LogP contribution in [0.15, 0.2) is 29.3 Å². The van der Waals surface area contributed by atoms with Crippen molar-refractivity contribution in [2.24, 2.45) is 10.7 Å². The van der Waals surface area contributed by atoms with E-state index in [1.807, 2.05) is 12.1 Å². The molecular formula is C10H10N2S. The van der Waals surface area contributed by atoms with E-state index in [1.54, 1.807) is 0 Å². The Balaban J connectivity index is 2.44. The van der Waals surface area contributed by atoms with Gasteiger partial charge in [0.05, 0.1) is 5.71 Å². The van der Waals surface area contributed by atoms with Crippen LogP contribution in [0.3, 0.4) is 0 Å². The van der Waals surface area contributed by atoms with E-state index in [4.69, 9.17) is 18.0 Å². The monoisotopic (exact) mass is 190 g/mol. The molecule has 3 heteroatoms. The number of rotatable bonds is 0. The number of benzene rings is 1. The second kappa shape index (κ2) is 3.26. The van der Waals surface area contributed by atoms with Crippen LogP contribution < -0.4 is 5.73 Å². The molecule has 1 aliphatic carbocycles. The van der Waals surface area contributed by atoms with Gasteiger partial charge < -0.3 is 5.73 Å². The van der Waals surface area contributed by atoms with Gasteiger partial charge in [-0.25, -0.2) is 4.99 Å². The first kappa shape index (κ1) is 8.38. The van der Waals surface area contributed by atoms with Crippen LogP contribution in [0.5, 0.6) is 0 Å². The first-order valence-electron chi connectivity index (χ1n) is 4.22. The number of hydrogen-bond acceptors (Lipinski definition) is 1. The van der Waals surface area contributed by atoms with Gasteiger partial charge in [0.2, 0.25) is 0 Å². The molecule has 0 unspecified atom stereocenters. The van der Waals surface area contributed by atoms with Crippen LogP contribution in [-0.4, -0.2) is 10.8 Å². The molecule has 0 fully saturated rings. The molecule has 1 aliphatic rings. The molecule has 0 atom stereocenters. The highest BCUT2D eigenvalue weighted by molar-refractivity contribution is 7.80. The lowest BCUT2D eigenvalue weighted by atomic mass is 10.1. The van der Waals surface area contributed by atoms with E-state index in [1.165, 1.54) is 11.1 Å². The number of nitrogens with two attached hydrogens (primary N) is 1. The summed E-state index contributed by atoms with van der Waals surface area (Å²) in [4.78, 5) is 4.14. The molecular weight excluding hydrogens is 180 g/mol. The molecule has 0 aliphatic heterocycles. The third kappa shape index (κ3) is 1.60. The van der Waals surface area contributed by atoms with Gasteiger partial charge in [-0.15, -0.1) is 0 Å². The topological polar surface area (TPSA) is 38.4 Å². The summed E-state index contributed by atoms with van der Waals surface area (Å²) < 4.78 is 0. The molecule has 0 saturated heterocycles. The van der Waals surface area contributed by atoms with Crippen molar-refractivity contribution >= 4 is 23.0 Å². The van der Waals surface area contributed by atoms with E-state index in [-0.39, 0.29) is 5.11 Å². The minimum atomic E-state index is 0.228. The maximum Gasteiger partial charge on any atom is 0.190 e. The van der Waals surface area contributed by atoms with Gasteiger partial charge in [-0.05, 0) is 36.2 Å². The van der Waals surface area contributed by atoms with Gasteiger partial charge in [0.1, 0.15) is 0 Å². The summed E-state index contributed by atoms with van der Waals surface area (Å²) in [5.41, 5.74) is 8.95. The fraction of sp³-hybridized carbons (Fsp3) is 0.200. The molecule has 0 amide bonds. The summed E-state index contributed by atoms with van der Waals surface area (Å²) in [7, 11) is 0. The van der Waals surface area contributed by atoms with Crippen LogP contribution in [0.2, 0.25) is 0 Å². The van der Waals surface area contributed by atoms with Gasteiger partial charge in [-0.3, -0.25) is 0 Å². The molecule has 0 bridgehead atoms. The van der Waals surface area contributed by atoms with E-state index in [9.17, 15) is 0 Å². The number of hydrogen-bond donors (Lipinski definition) is 1. The summed E-state index contributed by atoms with van der Waals surface area (Å²) in [6.07, 6.45) is 2.01. The molecule has 66 valence electrons. The van der Waals surface area contributed by atoms with Crippen LogP contribution in [0.25, 0.3) is 0 Å². The third-order valence-electron chi connectivity index (χ3n) is 2.20. The second-order valence-electron chi connectivity index (χ2n) is 3.05. The van der Waals surface area contributed by atoms with Crippen LogP contribution in [0.1, 0.15) is 17.5 Å². The lowest BCUT2D eigenvalue weighted by Gasteiger charge is -1.97. The maximum atomic E-state index is 5.37. The molecule has 1 aromatic rings. The normalized spacial score (nSPS) is 17.4. The molecule has 13 heavy (non-hydrogen) atoms. The Bertz CT molecular complexity index is 382. The van der Waals surface area contributed by atoms with Crippen molar-refractivity contribution < 1.29 is 0 Å². The minimum Gasteiger partial charge on any atom is -0.374 e. The van der Waals surface area contributed by atoms with Gasteiger partial charge in [0.25, 0.3) is 0 Å². The fourth-order valence-electron chi connectivity index (χ4n) is 1.66. The molecule has 0 saturated carbocycles. The number of nitrogens with zero attached hydrogens (tertiary/aromatic N) is 1. The summed E-state index contributed by atoms with van der Waals surface area (Å²) >= 11 is 4.75. The predicted molar refractivity (Wildman–Crippen MR) is 58.1 cm³/mol. The van der Waals surface area contributed by atoms with Gasteiger partial charge in [0.15, 0.2) is 5.11 Å². The molecule has 2 N–H and O–H groups in total. The van der Waals surface area contributed by atoms with Gasteiger partial charge in [-0.2, -0.15) is 0 Å². The zero-order valence-corrected chi connectivity index (χ0v) is 7.97. The average Bonchev–Trinajstić information content (AvgIpc) is 2.48. The Labute approximate surface area is 82.5 Å². The van der Waals surface area contributed by atoms with Crippen LogP contribution >= 0.6 is 12.2 Å². The van der Waals surface area contributed by atoms with Crippen molar-refractivity contribution in [3.05, 3.63) is 35.4 Å². The Morgan fingerprint density at radius 3 is 2.85 bits per heavy atom. The van der Waals surface area contributed by atoms with Gasteiger partial charge in [0, 0.05) is 0 Å². The Kier molecular flexibility index (Phi) is 2.10. The zero-order valence-electron chi connectivity index (χ0n) is 7.16. The predicted octanol–water partition coefficient (Wildman–Crippen LogP) is 1.67. The van der Waals surface area contributed by atoms with Crippen molar-refractivity contribution in [1.82, 2.24) is 0 Å². The summed E-state index contributed by atoms with van der Waals surface area (Å²) in [5.74, 6) is 0. The van der Waals surface area contributed by atoms with Crippen LogP contribution in [-0.2, 0) is 6.42 Å². The van der Waals surface area contributed by atoms with Crippen LogP contribution in [0.4, 0.5) is 0 Å². The first-order valence-corrected chi connectivity index (χ1v) is 4.63. The van der Waals surface area contributed by atoms with Gasteiger partial charge in [-0.1, -0.05) is 24.3 Å². The molecule has 0 aromatic heterocycles. The maximum absolute atomic E-state index is 5.37.